The van der Waals surface area contributed by atoms with Crippen molar-refractivity contribution in [3.8, 4) is 0 Å². The van der Waals surface area contributed by atoms with E-state index in [-0.39, 0.29) is 18.0 Å². The minimum absolute atomic E-state index is 0.0353. The van der Waals surface area contributed by atoms with Crippen LogP contribution in [0.5, 0.6) is 0 Å². The molecule has 1 aromatic rings. The van der Waals surface area contributed by atoms with Crippen LogP contribution >= 0.6 is 0 Å². The zero-order chi connectivity index (χ0) is 11.8. The topological polar surface area (TPSA) is 63.3 Å². The lowest BCUT2D eigenvalue weighted by atomic mass is 9.75. The van der Waals surface area contributed by atoms with E-state index in [1.54, 1.807) is 12.1 Å². The predicted molar refractivity (Wildman–Crippen MR) is 57.5 cm³/mol. The maximum atomic E-state index is 13.7. The van der Waals surface area contributed by atoms with Crippen LogP contribution in [-0.2, 0) is 10.2 Å². The minimum atomic E-state index is -1.24. The Bertz CT molecular complexity index is 417. The van der Waals surface area contributed by atoms with E-state index in [1.807, 2.05) is 0 Å². The average molecular weight is 223 g/mol. The molecule has 1 fully saturated rings. The number of benzene rings is 1. The van der Waals surface area contributed by atoms with Crippen molar-refractivity contribution < 1.29 is 14.3 Å². The molecular formula is C12H14FNO2. The Kier molecular flexibility index (Phi) is 2.68. The van der Waals surface area contributed by atoms with Gasteiger partial charge in [-0.25, -0.2) is 4.39 Å². The van der Waals surface area contributed by atoms with Gasteiger partial charge >= 0.3 is 5.97 Å². The summed E-state index contributed by atoms with van der Waals surface area (Å²) in [5.74, 6) is -1.54. The number of rotatable bonds is 4. The Morgan fingerprint density at radius 1 is 1.50 bits per heavy atom. The summed E-state index contributed by atoms with van der Waals surface area (Å²) in [6.07, 6.45) is 1.61. The van der Waals surface area contributed by atoms with Gasteiger partial charge in [-0.3, -0.25) is 4.79 Å². The summed E-state index contributed by atoms with van der Waals surface area (Å²) in [6.45, 7) is -0.0616. The van der Waals surface area contributed by atoms with Gasteiger partial charge in [0, 0.05) is 12.1 Å². The van der Waals surface area contributed by atoms with Gasteiger partial charge in [0.2, 0.25) is 0 Å². The number of carboxylic acid groups (broad SMARTS) is 1. The summed E-state index contributed by atoms with van der Waals surface area (Å²) >= 11 is 0. The van der Waals surface area contributed by atoms with Crippen molar-refractivity contribution in [2.45, 2.75) is 18.3 Å². The van der Waals surface area contributed by atoms with E-state index >= 15 is 0 Å². The van der Waals surface area contributed by atoms with Gasteiger partial charge in [-0.05, 0) is 24.8 Å². The molecule has 16 heavy (non-hydrogen) atoms. The smallest absolute Gasteiger partial charge is 0.315 e. The normalized spacial score (nSPS) is 19.1. The van der Waals surface area contributed by atoms with Crippen molar-refractivity contribution in [1.82, 2.24) is 0 Å². The molecule has 0 aromatic heterocycles. The van der Waals surface area contributed by atoms with Crippen molar-refractivity contribution in [3.63, 3.8) is 0 Å². The molecule has 3 nitrogen and oxygen atoms in total. The van der Waals surface area contributed by atoms with Crippen molar-refractivity contribution in [1.29, 1.82) is 0 Å². The molecule has 0 heterocycles. The van der Waals surface area contributed by atoms with Gasteiger partial charge in [-0.1, -0.05) is 18.2 Å². The Balaban J connectivity index is 2.54. The van der Waals surface area contributed by atoms with E-state index in [0.29, 0.717) is 0 Å². The first-order valence-electron chi connectivity index (χ1n) is 5.31. The van der Waals surface area contributed by atoms with Crippen LogP contribution in [-0.4, -0.2) is 17.6 Å². The third-order valence-corrected chi connectivity index (χ3v) is 3.33. The molecule has 0 amide bonds. The molecule has 0 saturated heterocycles. The first-order valence-corrected chi connectivity index (χ1v) is 5.31. The van der Waals surface area contributed by atoms with E-state index in [4.69, 9.17) is 5.73 Å². The number of aliphatic carboxylic acids is 1. The van der Waals surface area contributed by atoms with E-state index in [0.717, 1.165) is 12.8 Å². The zero-order valence-corrected chi connectivity index (χ0v) is 8.82. The van der Waals surface area contributed by atoms with Crippen LogP contribution in [0, 0.1) is 11.7 Å². The quantitative estimate of drug-likeness (QED) is 0.813. The Hall–Kier alpha value is -1.42. The Morgan fingerprint density at radius 3 is 2.56 bits per heavy atom. The van der Waals surface area contributed by atoms with Crippen molar-refractivity contribution in [3.05, 3.63) is 35.6 Å². The molecule has 1 saturated carbocycles. The molecule has 1 aliphatic rings. The number of carboxylic acids is 1. The van der Waals surface area contributed by atoms with Gasteiger partial charge in [0.15, 0.2) is 0 Å². The molecule has 0 bridgehead atoms. The molecule has 1 aliphatic carbocycles. The highest BCUT2D eigenvalue weighted by Crippen LogP contribution is 2.47. The standard InChI is InChI=1S/C12H14FNO2/c13-10-4-2-1-3-9(10)12(7-14,11(15)16)8-5-6-8/h1-4,8H,5-7,14H2,(H,15,16). The van der Waals surface area contributed by atoms with Crippen LogP contribution in [0.3, 0.4) is 0 Å². The maximum absolute atomic E-state index is 13.7. The lowest BCUT2D eigenvalue weighted by Gasteiger charge is -2.28. The highest BCUT2D eigenvalue weighted by atomic mass is 19.1. The third kappa shape index (κ3) is 1.50. The highest BCUT2D eigenvalue weighted by Gasteiger charge is 2.52. The SMILES string of the molecule is NCC(C(=O)O)(c1ccccc1F)C1CC1. The van der Waals surface area contributed by atoms with E-state index in [9.17, 15) is 14.3 Å². The van der Waals surface area contributed by atoms with Crippen molar-refractivity contribution in [2.24, 2.45) is 11.7 Å². The number of carbonyl (C=O) groups is 1. The molecule has 1 aromatic carbocycles. The summed E-state index contributed by atoms with van der Waals surface area (Å²) in [7, 11) is 0. The van der Waals surface area contributed by atoms with E-state index in [2.05, 4.69) is 0 Å². The Morgan fingerprint density at radius 2 is 2.12 bits per heavy atom. The predicted octanol–water partition coefficient (Wildman–Crippen LogP) is 1.52. The lowest BCUT2D eigenvalue weighted by molar-refractivity contribution is -0.144. The summed E-state index contributed by atoms with van der Waals surface area (Å²) in [5.41, 5.74) is 4.57. The van der Waals surface area contributed by atoms with Crippen LogP contribution in [0.1, 0.15) is 18.4 Å². The molecule has 0 spiro atoms. The largest absolute Gasteiger partial charge is 0.481 e. The number of nitrogens with two attached hydrogens (primary N) is 1. The second-order valence-electron chi connectivity index (χ2n) is 4.23. The summed E-state index contributed by atoms with van der Waals surface area (Å²) in [5, 5.41) is 9.37. The van der Waals surface area contributed by atoms with Gasteiger partial charge < -0.3 is 10.8 Å². The van der Waals surface area contributed by atoms with Crippen molar-refractivity contribution in [2.75, 3.05) is 6.54 Å². The van der Waals surface area contributed by atoms with Gasteiger partial charge in [0.25, 0.3) is 0 Å². The van der Waals surface area contributed by atoms with Crippen LogP contribution in [0.15, 0.2) is 24.3 Å². The average Bonchev–Trinajstić information content (AvgIpc) is 3.06. The van der Waals surface area contributed by atoms with Gasteiger partial charge in [0.05, 0.1) is 0 Å². The minimum Gasteiger partial charge on any atom is -0.481 e. The number of hydrogen-bond donors (Lipinski definition) is 2. The van der Waals surface area contributed by atoms with Crippen LogP contribution in [0.25, 0.3) is 0 Å². The van der Waals surface area contributed by atoms with Crippen LogP contribution in [0.4, 0.5) is 4.39 Å². The second-order valence-corrected chi connectivity index (χ2v) is 4.23. The first-order chi connectivity index (χ1) is 7.63. The molecule has 1 unspecified atom stereocenters. The molecule has 0 aliphatic heterocycles. The second kappa shape index (κ2) is 3.87. The summed E-state index contributed by atoms with van der Waals surface area (Å²) in [4.78, 5) is 11.4. The van der Waals surface area contributed by atoms with Gasteiger partial charge in [-0.15, -0.1) is 0 Å². The van der Waals surface area contributed by atoms with Crippen LogP contribution < -0.4 is 5.73 Å². The zero-order valence-electron chi connectivity index (χ0n) is 8.82. The fourth-order valence-corrected chi connectivity index (χ4v) is 2.27. The fourth-order valence-electron chi connectivity index (χ4n) is 2.27. The molecule has 1 atom stereocenters. The monoisotopic (exact) mass is 223 g/mol. The molecule has 2 rings (SSSR count). The first kappa shape index (κ1) is 11.1. The number of halogens is 1. The van der Waals surface area contributed by atoms with Crippen molar-refractivity contribution >= 4 is 5.97 Å². The van der Waals surface area contributed by atoms with E-state index < -0.39 is 17.2 Å². The third-order valence-electron chi connectivity index (χ3n) is 3.33. The van der Waals surface area contributed by atoms with Gasteiger partial charge in [0.1, 0.15) is 11.2 Å². The van der Waals surface area contributed by atoms with Crippen LogP contribution in [0.2, 0.25) is 0 Å². The fraction of sp³-hybridized carbons (Fsp3) is 0.417. The van der Waals surface area contributed by atoms with E-state index in [1.165, 1.54) is 12.1 Å². The molecule has 86 valence electrons. The molecule has 0 radical (unpaired) electrons. The maximum Gasteiger partial charge on any atom is 0.315 e. The number of hydrogen-bond acceptors (Lipinski definition) is 2. The highest BCUT2D eigenvalue weighted by molar-refractivity contribution is 5.83. The lowest BCUT2D eigenvalue weighted by Crippen LogP contribution is -2.45. The molecule has 3 N–H and O–H groups in total. The molecule has 4 heteroatoms. The Labute approximate surface area is 93.1 Å². The van der Waals surface area contributed by atoms with Gasteiger partial charge in [-0.2, -0.15) is 0 Å². The molecular weight excluding hydrogens is 209 g/mol. The summed E-state index contributed by atoms with van der Waals surface area (Å²) < 4.78 is 13.7. The summed E-state index contributed by atoms with van der Waals surface area (Å²) in [6, 6.07) is 6.00.